The van der Waals surface area contributed by atoms with Crippen molar-refractivity contribution >= 4 is 17.1 Å². The topological polar surface area (TPSA) is 0 Å². The van der Waals surface area contributed by atoms with Crippen molar-refractivity contribution in [2.75, 3.05) is 0 Å². The molecule has 0 heterocycles. The number of hydrogen-bond donors (Lipinski definition) is 0. The van der Waals surface area contributed by atoms with E-state index in [0.29, 0.717) is 0 Å². The Morgan fingerprint density at radius 1 is 1.08 bits per heavy atom. The van der Waals surface area contributed by atoms with E-state index in [0.717, 1.165) is 10.4 Å². The van der Waals surface area contributed by atoms with Gasteiger partial charge < -0.3 is 0 Å². The lowest BCUT2D eigenvalue weighted by Gasteiger charge is -1.96. The summed E-state index contributed by atoms with van der Waals surface area (Å²) in [7, 11) is 0. The van der Waals surface area contributed by atoms with E-state index in [-0.39, 0.29) is 0 Å². The summed E-state index contributed by atoms with van der Waals surface area (Å²) in [4.78, 5) is 0.958. The number of rotatable bonds is 1. The average molecular weight is 180 g/mol. The van der Waals surface area contributed by atoms with Gasteiger partial charge in [0.15, 0.2) is 0 Å². The van der Waals surface area contributed by atoms with E-state index in [1.165, 1.54) is 5.56 Å². The third kappa shape index (κ3) is 3.63. The smallest absolute Gasteiger partial charge is 0.0193 e. The molecule has 0 unspecified atom stereocenters. The first-order valence-corrected chi connectivity index (χ1v) is 4.68. The lowest BCUT2D eigenvalue weighted by atomic mass is 10.1. The Kier molecular flexibility index (Phi) is 5.56. The van der Waals surface area contributed by atoms with Crippen LogP contribution in [0.1, 0.15) is 31.9 Å². The second-order valence-electron chi connectivity index (χ2n) is 2.42. The second kappa shape index (κ2) is 5.90. The van der Waals surface area contributed by atoms with Gasteiger partial charge in [-0.15, -0.1) is 0 Å². The minimum Gasteiger partial charge on any atom is -0.0846 e. The first-order valence-electron chi connectivity index (χ1n) is 4.28. The van der Waals surface area contributed by atoms with Crippen LogP contribution in [0.25, 0.3) is 0 Å². The van der Waals surface area contributed by atoms with Crippen molar-refractivity contribution in [3.63, 3.8) is 0 Å². The van der Waals surface area contributed by atoms with Gasteiger partial charge in [0.2, 0.25) is 0 Å². The van der Waals surface area contributed by atoms with Crippen LogP contribution in [0.4, 0.5) is 0 Å². The van der Waals surface area contributed by atoms with Gasteiger partial charge in [0.25, 0.3) is 0 Å². The van der Waals surface area contributed by atoms with E-state index in [2.05, 4.69) is 31.2 Å². The van der Waals surface area contributed by atoms with Crippen molar-refractivity contribution in [2.45, 2.75) is 27.7 Å². The van der Waals surface area contributed by atoms with Gasteiger partial charge in [-0.3, -0.25) is 0 Å². The zero-order valence-electron chi connectivity index (χ0n) is 8.22. The molecule has 12 heavy (non-hydrogen) atoms. The molecular weight excluding hydrogens is 164 g/mol. The van der Waals surface area contributed by atoms with Crippen LogP contribution in [0.5, 0.6) is 0 Å². The van der Waals surface area contributed by atoms with Crippen LogP contribution in [0, 0.1) is 6.92 Å². The molecule has 0 aliphatic carbocycles. The molecule has 0 aliphatic heterocycles. The standard InChI is InChI=1S/C9H10S.C2H6/c1-7-3-5-9(6-4-7)8(2)10;1-2/h3-6H,1-2H3;1-2H3. The van der Waals surface area contributed by atoms with Crippen molar-refractivity contribution < 1.29 is 0 Å². The lowest BCUT2D eigenvalue weighted by Crippen LogP contribution is -1.88. The Balaban J connectivity index is 0.000000561. The van der Waals surface area contributed by atoms with Crippen molar-refractivity contribution in [3.8, 4) is 0 Å². The highest BCUT2D eigenvalue weighted by atomic mass is 32.1. The van der Waals surface area contributed by atoms with Gasteiger partial charge in [0, 0.05) is 4.86 Å². The highest BCUT2D eigenvalue weighted by molar-refractivity contribution is 7.80. The zero-order valence-corrected chi connectivity index (χ0v) is 9.03. The Bertz CT molecular complexity index is 234. The molecule has 0 spiro atoms. The molecule has 0 amide bonds. The third-order valence-electron chi connectivity index (χ3n) is 1.46. The molecule has 0 aliphatic rings. The molecule has 66 valence electrons. The normalized spacial score (nSPS) is 8.33. The van der Waals surface area contributed by atoms with Gasteiger partial charge in [-0.25, -0.2) is 0 Å². The Labute approximate surface area is 80.6 Å². The molecule has 0 saturated carbocycles. The molecule has 1 aromatic rings. The predicted molar refractivity (Wildman–Crippen MR) is 59.9 cm³/mol. The molecule has 0 saturated heterocycles. The number of aryl methyl sites for hydroxylation is 1. The van der Waals surface area contributed by atoms with Crippen LogP contribution >= 0.6 is 12.2 Å². The molecule has 0 bridgehead atoms. The minimum absolute atomic E-state index is 0.958. The molecule has 0 atom stereocenters. The Hall–Kier alpha value is -0.690. The first-order chi connectivity index (χ1) is 5.70. The largest absolute Gasteiger partial charge is 0.0846 e. The van der Waals surface area contributed by atoms with Crippen LogP contribution < -0.4 is 0 Å². The maximum Gasteiger partial charge on any atom is 0.0193 e. The van der Waals surface area contributed by atoms with E-state index >= 15 is 0 Å². The maximum absolute atomic E-state index is 5.01. The molecular formula is C11H16S. The van der Waals surface area contributed by atoms with Crippen LogP contribution in [0.2, 0.25) is 0 Å². The van der Waals surface area contributed by atoms with Crippen LogP contribution in [0.3, 0.4) is 0 Å². The number of benzene rings is 1. The van der Waals surface area contributed by atoms with Gasteiger partial charge in [-0.05, 0) is 19.4 Å². The van der Waals surface area contributed by atoms with Crippen molar-refractivity contribution in [3.05, 3.63) is 35.4 Å². The summed E-state index contributed by atoms with van der Waals surface area (Å²) in [6.45, 7) is 8.02. The third-order valence-corrected chi connectivity index (χ3v) is 1.69. The average Bonchev–Trinajstić information content (AvgIpc) is 2.09. The van der Waals surface area contributed by atoms with Gasteiger partial charge in [-0.2, -0.15) is 0 Å². The molecule has 1 heteroatoms. The van der Waals surface area contributed by atoms with E-state index < -0.39 is 0 Å². The van der Waals surface area contributed by atoms with E-state index in [1.54, 1.807) is 0 Å². The summed E-state index contributed by atoms with van der Waals surface area (Å²) >= 11 is 5.01. The van der Waals surface area contributed by atoms with E-state index in [1.807, 2.05) is 20.8 Å². The zero-order chi connectivity index (χ0) is 9.56. The van der Waals surface area contributed by atoms with Crippen LogP contribution in [-0.2, 0) is 0 Å². The van der Waals surface area contributed by atoms with E-state index in [9.17, 15) is 0 Å². The highest BCUT2D eigenvalue weighted by Gasteiger charge is 1.91. The van der Waals surface area contributed by atoms with Crippen molar-refractivity contribution in [1.29, 1.82) is 0 Å². The first kappa shape index (κ1) is 11.3. The fourth-order valence-electron chi connectivity index (χ4n) is 0.788. The van der Waals surface area contributed by atoms with Crippen molar-refractivity contribution in [1.82, 2.24) is 0 Å². The maximum atomic E-state index is 5.01. The summed E-state index contributed by atoms with van der Waals surface area (Å²) in [5.74, 6) is 0. The van der Waals surface area contributed by atoms with Gasteiger partial charge >= 0.3 is 0 Å². The van der Waals surface area contributed by atoms with Crippen LogP contribution in [0.15, 0.2) is 24.3 Å². The van der Waals surface area contributed by atoms with Gasteiger partial charge in [0.05, 0.1) is 0 Å². The molecule has 1 rings (SSSR count). The fourth-order valence-corrected chi connectivity index (χ4v) is 0.924. The van der Waals surface area contributed by atoms with Gasteiger partial charge in [-0.1, -0.05) is 55.9 Å². The molecule has 0 fully saturated rings. The Morgan fingerprint density at radius 2 is 1.50 bits per heavy atom. The quantitative estimate of drug-likeness (QED) is 0.468. The fraction of sp³-hybridized carbons (Fsp3) is 0.364. The SMILES string of the molecule is CC.CC(=S)c1ccc(C)cc1. The highest BCUT2D eigenvalue weighted by Crippen LogP contribution is 2.03. The molecule has 0 aromatic heterocycles. The number of thiocarbonyl (C=S) groups is 1. The van der Waals surface area contributed by atoms with Crippen molar-refractivity contribution in [2.24, 2.45) is 0 Å². The lowest BCUT2D eigenvalue weighted by molar-refractivity contribution is 1.46. The Morgan fingerprint density at radius 3 is 1.83 bits per heavy atom. The summed E-state index contributed by atoms with van der Waals surface area (Å²) in [5, 5.41) is 0. The summed E-state index contributed by atoms with van der Waals surface area (Å²) in [6, 6.07) is 8.26. The number of hydrogen-bond acceptors (Lipinski definition) is 1. The monoisotopic (exact) mass is 180 g/mol. The van der Waals surface area contributed by atoms with Crippen LogP contribution in [-0.4, -0.2) is 4.86 Å². The second-order valence-corrected chi connectivity index (χ2v) is 3.03. The molecule has 0 N–H and O–H groups in total. The predicted octanol–water partition coefficient (Wildman–Crippen LogP) is 3.76. The van der Waals surface area contributed by atoms with E-state index in [4.69, 9.17) is 12.2 Å². The minimum atomic E-state index is 0.958. The van der Waals surface area contributed by atoms with Gasteiger partial charge in [0.1, 0.15) is 0 Å². The summed E-state index contributed by atoms with van der Waals surface area (Å²) in [5.41, 5.74) is 2.43. The molecule has 0 radical (unpaired) electrons. The molecule has 0 nitrogen and oxygen atoms in total. The summed E-state index contributed by atoms with van der Waals surface area (Å²) in [6.07, 6.45) is 0. The molecule has 1 aromatic carbocycles. The summed E-state index contributed by atoms with van der Waals surface area (Å²) < 4.78 is 0.